The molecule has 0 radical (unpaired) electrons. The van der Waals surface area contributed by atoms with Gasteiger partial charge in [0.05, 0.1) is 16.3 Å². The molecule has 3 heterocycles. The fraction of sp³-hybridized carbons (Fsp3) is 0.474. The lowest BCUT2D eigenvalue weighted by molar-refractivity contribution is 0.475. The molecule has 1 fully saturated rings. The molecule has 7 heteroatoms. The van der Waals surface area contributed by atoms with Gasteiger partial charge in [-0.1, -0.05) is 0 Å². The fourth-order valence-corrected chi connectivity index (χ4v) is 4.66. The minimum atomic E-state index is 0.307. The van der Waals surface area contributed by atoms with E-state index in [0.717, 1.165) is 62.8 Å². The largest absolute Gasteiger partial charge is 0.508 e. The molecule has 0 amide bonds. The van der Waals surface area contributed by atoms with Crippen LogP contribution in [0.1, 0.15) is 17.8 Å². The molecule has 0 bridgehead atoms. The van der Waals surface area contributed by atoms with Crippen LogP contribution < -0.4 is 15.5 Å². The van der Waals surface area contributed by atoms with Gasteiger partial charge in [-0.15, -0.1) is 11.8 Å². The number of phenols is 1. The van der Waals surface area contributed by atoms with Gasteiger partial charge in [0.1, 0.15) is 5.75 Å². The van der Waals surface area contributed by atoms with E-state index < -0.39 is 0 Å². The summed E-state index contributed by atoms with van der Waals surface area (Å²) < 4.78 is 0. The van der Waals surface area contributed by atoms with E-state index >= 15 is 0 Å². The van der Waals surface area contributed by atoms with Crippen molar-refractivity contribution in [2.24, 2.45) is 5.73 Å². The van der Waals surface area contributed by atoms with Crippen LogP contribution in [-0.2, 0) is 12.8 Å². The van der Waals surface area contributed by atoms with Gasteiger partial charge >= 0.3 is 0 Å². The number of thioether (sulfide) groups is 1. The summed E-state index contributed by atoms with van der Waals surface area (Å²) in [5.41, 5.74) is 9.25. The van der Waals surface area contributed by atoms with Crippen molar-refractivity contribution in [1.82, 2.24) is 9.97 Å². The summed E-state index contributed by atoms with van der Waals surface area (Å²) in [5.74, 6) is 2.29. The highest BCUT2D eigenvalue weighted by Gasteiger charge is 2.24. The summed E-state index contributed by atoms with van der Waals surface area (Å²) in [6, 6.07) is 7.43. The maximum atomic E-state index is 9.46. The van der Waals surface area contributed by atoms with Gasteiger partial charge in [0.2, 0.25) is 5.95 Å². The fourth-order valence-electron chi connectivity index (χ4n) is 3.53. The molecule has 2 aliphatic heterocycles. The Morgan fingerprint density at radius 2 is 1.77 bits per heavy atom. The number of nitrogens with zero attached hydrogens (tertiary/aromatic N) is 4. The minimum absolute atomic E-state index is 0.307. The number of anilines is 2. The van der Waals surface area contributed by atoms with Gasteiger partial charge in [-0.2, -0.15) is 0 Å². The third-order valence-corrected chi connectivity index (χ3v) is 6.14. The third-order valence-electron chi connectivity index (χ3n) is 4.97. The van der Waals surface area contributed by atoms with Crippen LogP contribution in [0.2, 0.25) is 0 Å². The number of aromatic hydroxyl groups is 1. The van der Waals surface area contributed by atoms with Gasteiger partial charge in [0, 0.05) is 44.0 Å². The summed E-state index contributed by atoms with van der Waals surface area (Å²) >= 11 is 1.89. The zero-order valence-electron chi connectivity index (χ0n) is 14.9. The van der Waals surface area contributed by atoms with E-state index in [9.17, 15) is 5.11 Å². The first-order valence-corrected chi connectivity index (χ1v) is 10.2. The lowest BCUT2D eigenvalue weighted by atomic mass is 10.2. The van der Waals surface area contributed by atoms with Gasteiger partial charge in [-0.05, 0) is 43.7 Å². The Morgan fingerprint density at radius 1 is 1.04 bits per heavy atom. The molecular formula is C19H25N5OS. The van der Waals surface area contributed by atoms with Crippen LogP contribution in [0, 0.1) is 0 Å². The molecule has 0 atom stereocenters. The third kappa shape index (κ3) is 3.59. The zero-order valence-corrected chi connectivity index (χ0v) is 15.7. The van der Waals surface area contributed by atoms with Gasteiger partial charge in [-0.3, -0.25) is 0 Å². The Hall–Kier alpha value is -1.99. The predicted molar refractivity (Wildman–Crippen MR) is 106 cm³/mol. The number of fused-ring (bicyclic) bond motifs is 1. The van der Waals surface area contributed by atoms with Crippen LogP contribution in [0.25, 0.3) is 0 Å². The number of benzene rings is 1. The van der Waals surface area contributed by atoms with Crippen molar-refractivity contribution in [2.75, 3.05) is 48.3 Å². The van der Waals surface area contributed by atoms with E-state index in [1.807, 2.05) is 23.9 Å². The van der Waals surface area contributed by atoms with Gasteiger partial charge < -0.3 is 20.6 Å². The van der Waals surface area contributed by atoms with Gasteiger partial charge in [0.25, 0.3) is 0 Å². The van der Waals surface area contributed by atoms with Crippen LogP contribution in [0.3, 0.4) is 0 Å². The summed E-state index contributed by atoms with van der Waals surface area (Å²) in [7, 11) is 0. The van der Waals surface area contributed by atoms with Crippen molar-refractivity contribution in [3.8, 4) is 5.75 Å². The summed E-state index contributed by atoms with van der Waals surface area (Å²) in [6.07, 6.45) is 2.95. The first-order chi connectivity index (χ1) is 12.7. The molecule has 138 valence electrons. The highest BCUT2D eigenvalue weighted by molar-refractivity contribution is 7.99. The van der Waals surface area contributed by atoms with Crippen LogP contribution in [0.15, 0.2) is 29.2 Å². The SMILES string of the molecule is NCCCc1nc(N2CCN(c3ccc(O)cc3)CC2)nc2c1SCC2. The smallest absolute Gasteiger partial charge is 0.225 e. The molecular weight excluding hydrogens is 346 g/mol. The highest BCUT2D eigenvalue weighted by atomic mass is 32.2. The summed E-state index contributed by atoms with van der Waals surface area (Å²) in [4.78, 5) is 15.7. The van der Waals surface area contributed by atoms with Gasteiger partial charge in [-0.25, -0.2) is 9.97 Å². The first-order valence-electron chi connectivity index (χ1n) is 9.26. The van der Waals surface area contributed by atoms with Crippen molar-refractivity contribution in [2.45, 2.75) is 24.2 Å². The lowest BCUT2D eigenvalue weighted by Gasteiger charge is -2.36. The number of aryl methyl sites for hydroxylation is 2. The molecule has 4 rings (SSSR count). The molecule has 0 saturated carbocycles. The van der Waals surface area contributed by atoms with E-state index in [4.69, 9.17) is 15.7 Å². The van der Waals surface area contributed by atoms with Crippen molar-refractivity contribution >= 4 is 23.4 Å². The molecule has 0 aliphatic carbocycles. The minimum Gasteiger partial charge on any atom is -0.508 e. The molecule has 2 aliphatic rings. The topological polar surface area (TPSA) is 78.5 Å². The number of hydrogen-bond donors (Lipinski definition) is 2. The molecule has 6 nitrogen and oxygen atoms in total. The number of rotatable bonds is 5. The highest BCUT2D eigenvalue weighted by Crippen LogP contribution is 2.34. The second-order valence-corrected chi connectivity index (χ2v) is 7.83. The van der Waals surface area contributed by atoms with Crippen molar-refractivity contribution in [3.05, 3.63) is 35.7 Å². The Kier molecular flexibility index (Phi) is 5.17. The molecule has 3 N–H and O–H groups in total. The van der Waals surface area contributed by atoms with E-state index in [0.29, 0.717) is 12.3 Å². The first kappa shape index (κ1) is 17.4. The van der Waals surface area contributed by atoms with Crippen LogP contribution in [0.5, 0.6) is 5.75 Å². The van der Waals surface area contributed by atoms with Gasteiger partial charge in [0.15, 0.2) is 0 Å². The van der Waals surface area contributed by atoms with Crippen molar-refractivity contribution in [3.63, 3.8) is 0 Å². The monoisotopic (exact) mass is 371 g/mol. The van der Waals surface area contributed by atoms with Crippen LogP contribution >= 0.6 is 11.8 Å². The normalized spacial score (nSPS) is 16.8. The lowest BCUT2D eigenvalue weighted by Crippen LogP contribution is -2.47. The zero-order chi connectivity index (χ0) is 17.9. The predicted octanol–water partition coefficient (Wildman–Crippen LogP) is 2.05. The van der Waals surface area contributed by atoms with E-state index in [1.54, 1.807) is 12.1 Å². The Balaban J connectivity index is 1.48. The maximum absolute atomic E-state index is 9.46. The molecule has 0 unspecified atom stereocenters. The number of nitrogens with two attached hydrogens (primary N) is 1. The Morgan fingerprint density at radius 3 is 2.50 bits per heavy atom. The maximum Gasteiger partial charge on any atom is 0.225 e. The Bertz CT molecular complexity index is 759. The van der Waals surface area contributed by atoms with E-state index in [-0.39, 0.29) is 0 Å². The quantitative estimate of drug-likeness (QED) is 0.833. The van der Waals surface area contributed by atoms with Crippen LogP contribution in [0.4, 0.5) is 11.6 Å². The molecule has 1 aromatic carbocycles. The molecule has 2 aromatic rings. The second-order valence-electron chi connectivity index (χ2n) is 6.73. The second kappa shape index (κ2) is 7.72. The number of piperazine rings is 1. The summed E-state index contributed by atoms with van der Waals surface area (Å²) in [6.45, 7) is 4.37. The van der Waals surface area contributed by atoms with Crippen molar-refractivity contribution < 1.29 is 5.11 Å². The molecule has 0 spiro atoms. The molecule has 1 aromatic heterocycles. The standard InChI is InChI=1S/C19H25N5OS/c20-8-1-2-16-18-17(7-13-26-18)22-19(21-16)24-11-9-23(10-12-24)14-3-5-15(25)6-4-14/h3-6,25H,1-2,7-13,20H2. The molecule has 26 heavy (non-hydrogen) atoms. The number of hydrogen-bond acceptors (Lipinski definition) is 7. The van der Waals surface area contributed by atoms with E-state index in [1.165, 1.54) is 16.3 Å². The Labute approximate surface area is 158 Å². The molecule has 1 saturated heterocycles. The summed E-state index contributed by atoms with van der Waals surface area (Å²) in [5, 5.41) is 9.46. The number of phenolic OH excluding ortho intramolecular Hbond substituents is 1. The van der Waals surface area contributed by atoms with Crippen molar-refractivity contribution in [1.29, 1.82) is 0 Å². The van der Waals surface area contributed by atoms with E-state index in [2.05, 4.69) is 9.80 Å². The average Bonchev–Trinajstić information content (AvgIpc) is 3.15. The van der Waals surface area contributed by atoms with Crippen LogP contribution in [-0.4, -0.2) is 53.6 Å². The number of aromatic nitrogens is 2. The average molecular weight is 372 g/mol.